The number of para-hydroxylation sites is 1. The molecule has 18 heavy (non-hydrogen) atoms. The quantitative estimate of drug-likeness (QED) is 0.770. The van der Waals surface area contributed by atoms with Crippen molar-refractivity contribution in [3.8, 4) is 0 Å². The zero-order valence-electron chi connectivity index (χ0n) is 11.3. The van der Waals surface area contributed by atoms with Gasteiger partial charge in [-0.05, 0) is 12.1 Å². The van der Waals surface area contributed by atoms with Crippen LogP contribution < -0.4 is 10.2 Å². The Labute approximate surface area is 108 Å². The largest absolute Gasteiger partial charge is 0.377 e. The predicted octanol–water partition coefficient (Wildman–Crippen LogP) is 1.10. The SMILES string of the molecule is COC(CNC(=O)c1ccccc1N(C)C)OC. The van der Waals surface area contributed by atoms with Crippen LogP contribution in [0.15, 0.2) is 24.3 Å². The smallest absolute Gasteiger partial charge is 0.253 e. The number of carbonyl (C=O) groups is 1. The number of rotatable bonds is 6. The number of hydrogen-bond acceptors (Lipinski definition) is 4. The summed E-state index contributed by atoms with van der Waals surface area (Å²) in [6, 6.07) is 7.43. The maximum absolute atomic E-state index is 12.1. The second-order valence-electron chi connectivity index (χ2n) is 4.02. The molecule has 0 unspecified atom stereocenters. The highest BCUT2D eigenvalue weighted by Crippen LogP contribution is 2.17. The average molecular weight is 252 g/mol. The van der Waals surface area contributed by atoms with Crippen molar-refractivity contribution in [3.05, 3.63) is 29.8 Å². The third-order valence-electron chi connectivity index (χ3n) is 2.59. The standard InChI is InChI=1S/C13H20N2O3/c1-15(2)11-8-6-5-7-10(11)13(16)14-9-12(17-3)18-4/h5-8,12H,9H2,1-4H3,(H,14,16). The van der Waals surface area contributed by atoms with E-state index in [9.17, 15) is 4.79 Å². The minimum Gasteiger partial charge on any atom is -0.377 e. The molecule has 0 atom stereocenters. The van der Waals surface area contributed by atoms with Crippen LogP contribution in [-0.4, -0.2) is 47.1 Å². The highest BCUT2D eigenvalue weighted by atomic mass is 16.7. The third-order valence-corrected chi connectivity index (χ3v) is 2.59. The maximum atomic E-state index is 12.1. The van der Waals surface area contributed by atoms with E-state index in [4.69, 9.17) is 9.47 Å². The van der Waals surface area contributed by atoms with Crippen molar-refractivity contribution in [3.63, 3.8) is 0 Å². The molecule has 1 amide bonds. The lowest BCUT2D eigenvalue weighted by Gasteiger charge is -2.18. The zero-order chi connectivity index (χ0) is 13.5. The fraction of sp³-hybridized carbons (Fsp3) is 0.462. The Morgan fingerprint density at radius 1 is 1.28 bits per heavy atom. The highest BCUT2D eigenvalue weighted by molar-refractivity contribution is 5.99. The lowest BCUT2D eigenvalue weighted by Crippen LogP contribution is -2.34. The minimum atomic E-state index is -0.430. The van der Waals surface area contributed by atoms with Gasteiger partial charge in [0.1, 0.15) is 0 Å². The van der Waals surface area contributed by atoms with Gasteiger partial charge in [0, 0.05) is 34.0 Å². The van der Waals surface area contributed by atoms with Crippen molar-refractivity contribution >= 4 is 11.6 Å². The molecule has 100 valence electrons. The summed E-state index contributed by atoms with van der Waals surface area (Å²) in [7, 11) is 6.88. The molecular formula is C13H20N2O3. The van der Waals surface area contributed by atoms with Gasteiger partial charge in [-0.25, -0.2) is 0 Å². The molecule has 1 aromatic rings. The summed E-state index contributed by atoms with van der Waals surface area (Å²) in [4.78, 5) is 14.0. The first-order valence-corrected chi connectivity index (χ1v) is 5.70. The van der Waals surface area contributed by atoms with Crippen LogP contribution in [0.3, 0.4) is 0 Å². The summed E-state index contributed by atoms with van der Waals surface area (Å²) in [6.45, 7) is 0.313. The first kappa shape index (κ1) is 14.5. The Hall–Kier alpha value is -1.59. The summed E-state index contributed by atoms with van der Waals surface area (Å²) >= 11 is 0. The summed E-state index contributed by atoms with van der Waals surface area (Å²) in [5.41, 5.74) is 1.51. The van der Waals surface area contributed by atoms with Crippen molar-refractivity contribution in [2.75, 3.05) is 39.8 Å². The van der Waals surface area contributed by atoms with Crippen LogP contribution in [0.25, 0.3) is 0 Å². The van der Waals surface area contributed by atoms with Gasteiger partial charge in [0.05, 0.1) is 12.1 Å². The van der Waals surface area contributed by atoms with Gasteiger partial charge in [-0.2, -0.15) is 0 Å². The monoisotopic (exact) mass is 252 g/mol. The van der Waals surface area contributed by atoms with Crippen molar-refractivity contribution in [1.29, 1.82) is 0 Å². The van der Waals surface area contributed by atoms with Gasteiger partial charge in [0.25, 0.3) is 5.91 Å². The maximum Gasteiger partial charge on any atom is 0.253 e. The normalized spacial score (nSPS) is 10.5. The van der Waals surface area contributed by atoms with E-state index in [2.05, 4.69) is 5.32 Å². The molecule has 0 aliphatic rings. The Morgan fingerprint density at radius 2 is 1.89 bits per heavy atom. The van der Waals surface area contributed by atoms with Crippen LogP contribution >= 0.6 is 0 Å². The lowest BCUT2D eigenvalue weighted by molar-refractivity contribution is -0.0974. The van der Waals surface area contributed by atoms with Gasteiger partial charge in [-0.3, -0.25) is 4.79 Å². The van der Waals surface area contributed by atoms with Gasteiger partial charge in [0.15, 0.2) is 6.29 Å². The molecule has 5 nitrogen and oxygen atoms in total. The lowest BCUT2D eigenvalue weighted by atomic mass is 10.1. The van der Waals surface area contributed by atoms with Crippen LogP contribution in [0.4, 0.5) is 5.69 Å². The molecular weight excluding hydrogens is 232 g/mol. The zero-order valence-corrected chi connectivity index (χ0v) is 11.3. The van der Waals surface area contributed by atoms with E-state index in [1.165, 1.54) is 14.2 Å². The second-order valence-corrected chi connectivity index (χ2v) is 4.02. The first-order valence-electron chi connectivity index (χ1n) is 5.70. The molecule has 1 N–H and O–H groups in total. The molecule has 5 heteroatoms. The molecule has 0 aliphatic carbocycles. The predicted molar refractivity (Wildman–Crippen MR) is 70.9 cm³/mol. The molecule has 0 saturated heterocycles. The summed E-state index contributed by atoms with van der Waals surface area (Å²) < 4.78 is 10.0. The fourth-order valence-electron chi connectivity index (χ4n) is 1.59. The second kappa shape index (κ2) is 6.98. The summed E-state index contributed by atoms with van der Waals surface area (Å²) in [5, 5.41) is 2.78. The molecule has 1 aromatic carbocycles. The van der Waals surface area contributed by atoms with Crippen LogP contribution in [0.5, 0.6) is 0 Å². The van der Waals surface area contributed by atoms with Crippen LogP contribution in [0.1, 0.15) is 10.4 Å². The van der Waals surface area contributed by atoms with E-state index in [0.717, 1.165) is 5.69 Å². The molecule has 0 spiro atoms. The molecule has 0 bridgehead atoms. The van der Waals surface area contributed by atoms with Crippen molar-refractivity contribution in [1.82, 2.24) is 5.32 Å². The first-order chi connectivity index (χ1) is 8.60. The van der Waals surface area contributed by atoms with Crippen molar-refractivity contribution < 1.29 is 14.3 Å². The Bertz CT molecular complexity index is 390. The van der Waals surface area contributed by atoms with Crippen molar-refractivity contribution in [2.24, 2.45) is 0 Å². The molecule has 0 fully saturated rings. The van der Waals surface area contributed by atoms with Crippen LogP contribution in [0.2, 0.25) is 0 Å². The number of benzene rings is 1. The van der Waals surface area contributed by atoms with Crippen LogP contribution in [0, 0.1) is 0 Å². The summed E-state index contributed by atoms with van der Waals surface area (Å²) in [6.07, 6.45) is -0.430. The molecule has 0 aromatic heterocycles. The Balaban J connectivity index is 2.72. The number of methoxy groups -OCH3 is 2. The van der Waals surface area contributed by atoms with Gasteiger partial charge in [-0.1, -0.05) is 12.1 Å². The van der Waals surface area contributed by atoms with Gasteiger partial charge in [0.2, 0.25) is 0 Å². The van der Waals surface area contributed by atoms with Crippen LogP contribution in [-0.2, 0) is 9.47 Å². The number of ether oxygens (including phenoxy) is 2. The van der Waals surface area contributed by atoms with E-state index >= 15 is 0 Å². The van der Waals surface area contributed by atoms with Gasteiger partial charge < -0.3 is 19.7 Å². The number of carbonyl (C=O) groups excluding carboxylic acids is 1. The molecule has 1 rings (SSSR count). The molecule has 0 radical (unpaired) electrons. The van der Waals surface area contributed by atoms with E-state index in [0.29, 0.717) is 12.1 Å². The Kier molecular flexibility index (Phi) is 5.61. The average Bonchev–Trinajstić information content (AvgIpc) is 2.39. The Morgan fingerprint density at radius 3 is 2.44 bits per heavy atom. The fourth-order valence-corrected chi connectivity index (χ4v) is 1.59. The van der Waals surface area contributed by atoms with E-state index in [1.807, 2.05) is 37.2 Å². The number of amides is 1. The van der Waals surface area contributed by atoms with Gasteiger partial charge in [-0.15, -0.1) is 0 Å². The highest BCUT2D eigenvalue weighted by Gasteiger charge is 2.13. The van der Waals surface area contributed by atoms with E-state index < -0.39 is 6.29 Å². The summed E-state index contributed by atoms with van der Waals surface area (Å²) in [5.74, 6) is -0.140. The molecule has 0 saturated carbocycles. The number of nitrogens with one attached hydrogen (secondary N) is 1. The number of hydrogen-bond donors (Lipinski definition) is 1. The topological polar surface area (TPSA) is 50.8 Å². The number of nitrogens with zero attached hydrogens (tertiary/aromatic N) is 1. The van der Waals surface area contributed by atoms with Crippen molar-refractivity contribution in [2.45, 2.75) is 6.29 Å². The number of anilines is 1. The molecule has 0 heterocycles. The van der Waals surface area contributed by atoms with E-state index in [-0.39, 0.29) is 5.91 Å². The third kappa shape index (κ3) is 3.72. The van der Waals surface area contributed by atoms with Gasteiger partial charge >= 0.3 is 0 Å². The minimum absolute atomic E-state index is 0.140. The molecule has 0 aliphatic heterocycles. The van der Waals surface area contributed by atoms with E-state index in [1.54, 1.807) is 6.07 Å².